The van der Waals surface area contributed by atoms with E-state index in [4.69, 9.17) is 4.74 Å². The topological polar surface area (TPSA) is 85.7 Å². The molecule has 0 fully saturated rings. The van der Waals surface area contributed by atoms with E-state index in [-0.39, 0.29) is 5.56 Å². The van der Waals surface area contributed by atoms with Crippen LogP contribution in [0.5, 0.6) is 5.75 Å². The molecule has 0 bridgehead atoms. The van der Waals surface area contributed by atoms with Crippen LogP contribution in [0, 0.1) is 0 Å². The Hall–Kier alpha value is -2.78. The molecule has 0 spiro atoms. The monoisotopic (exact) mass is 529 g/mol. The van der Waals surface area contributed by atoms with Gasteiger partial charge in [-0.2, -0.15) is 0 Å². The van der Waals surface area contributed by atoms with Gasteiger partial charge < -0.3 is 9.72 Å². The summed E-state index contributed by atoms with van der Waals surface area (Å²) in [6.07, 6.45) is 1.37. The van der Waals surface area contributed by atoms with E-state index in [0.717, 1.165) is 27.0 Å². The highest BCUT2D eigenvalue weighted by atomic mass is 79.9. The molecule has 4 rings (SSSR count). The second kappa shape index (κ2) is 9.36. The molecule has 0 aliphatic carbocycles. The number of pyridine rings is 1. The zero-order valence-electron chi connectivity index (χ0n) is 15.8. The van der Waals surface area contributed by atoms with E-state index < -0.39 is 0 Å². The number of ether oxygens (including phenoxy) is 1. The molecule has 0 atom stereocenters. The molecule has 4 aromatic rings. The van der Waals surface area contributed by atoms with E-state index in [1.807, 2.05) is 54.6 Å². The summed E-state index contributed by atoms with van der Waals surface area (Å²) in [5.74, 6) is 0.831. The normalized spacial score (nSPS) is 10.9. The maximum absolute atomic E-state index is 12.4. The number of H-pyrrole nitrogens is 1. The number of tetrazole rings is 1. The second-order valence-corrected chi connectivity index (χ2v) is 8.20. The van der Waals surface area contributed by atoms with Crippen LogP contribution in [0.3, 0.4) is 0 Å². The van der Waals surface area contributed by atoms with E-state index in [1.165, 1.54) is 4.80 Å². The number of aromatic amines is 1. The van der Waals surface area contributed by atoms with E-state index in [0.29, 0.717) is 29.9 Å². The fourth-order valence-electron chi connectivity index (χ4n) is 3.00. The second-order valence-electron chi connectivity index (χ2n) is 6.57. The van der Waals surface area contributed by atoms with Crippen molar-refractivity contribution < 1.29 is 4.74 Å². The van der Waals surface area contributed by atoms with E-state index >= 15 is 0 Å². The molecule has 2 aromatic heterocycles. The lowest BCUT2D eigenvalue weighted by atomic mass is 10.1. The molecule has 30 heavy (non-hydrogen) atoms. The Labute approximate surface area is 189 Å². The number of nitrogens with one attached hydrogen (secondary N) is 1. The van der Waals surface area contributed by atoms with E-state index in [2.05, 4.69) is 52.3 Å². The molecule has 0 saturated carbocycles. The first-order valence-electron chi connectivity index (χ1n) is 9.22. The zero-order valence-corrected chi connectivity index (χ0v) is 18.9. The van der Waals surface area contributed by atoms with Gasteiger partial charge in [0.25, 0.3) is 5.56 Å². The Bertz CT molecular complexity index is 1210. The Morgan fingerprint density at radius 3 is 2.57 bits per heavy atom. The lowest BCUT2D eigenvalue weighted by molar-refractivity contribution is 0.303. The van der Waals surface area contributed by atoms with Crippen molar-refractivity contribution in [3.63, 3.8) is 0 Å². The standard InChI is InChI=1S/C21H17Br2N5O2/c22-16-7-11-19(30-13-14-4-2-1-3-5-14)15(12-16)6-8-17-9-10-18(20(29)24-17)28-26-21(23)25-27-28/h1-5,7,9-12H,6,8,13H2,(H,24,29). The molecule has 0 radical (unpaired) electrons. The quantitative estimate of drug-likeness (QED) is 0.386. The highest BCUT2D eigenvalue weighted by Crippen LogP contribution is 2.25. The van der Waals surface area contributed by atoms with Crippen LogP contribution in [0.4, 0.5) is 0 Å². The van der Waals surface area contributed by atoms with Crippen molar-refractivity contribution in [1.82, 2.24) is 25.2 Å². The molecule has 2 aromatic carbocycles. The summed E-state index contributed by atoms with van der Waals surface area (Å²) in [5.41, 5.74) is 3.03. The van der Waals surface area contributed by atoms with Crippen molar-refractivity contribution in [3.8, 4) is 11.4 Å². The first-order valence-corrected chi connectivity index (χ1v) is 10.8. The zero-order chi connectivity index (χ0) is 20.9. The van der Waals surface area contributed by atoms with Crippen molar-refractivity contribution in [2.75, 3.05) is 0 Å². The predicted octanol–water partition coefficient (Wildman–Crippen LogP) is 4.24. The van der Waals surface area contributed by atoms with Gasteiger partial charge in [-0.25, -0.2) is 0 Å². The van der Waals surface area contributed by atoms with Gasteiger partial charge in [0.2, 0.25) is 4.73 Å². The van der Waals surface area contributed by atoms with Gasteiger partial charge in [-0.05, 0) is 75.4 Å². The number of halogens is 2. The molecule has 9 heteroatoms. The van der Waals surface area contributed by atoms with Crippen molar-refractivity contribution >= 4 is 31.9 Å². The Morgan fingerprint density at radius 2 is 1.83 bits per heavy atom. The fraction of sp³-hybridized carbons (Fsp3) is 0.143. The summed E-state index contributed by atoms with van der Waals surface area (Å²) >= 11 is 6.65. The average molecular weight is 531 g/mol. The number of hydrogen-bond acceptors (Lipinski definition) is 5. The Balaban J connectivity index is 1.47. The van der Waals surface area contributed by atoms with Crippen LogP contribution in [-0.2, 0) is 19.4 Å². The molecule has 7 nitrogen and oxygen atoms in total. The molecule has 1 N–H and O–H groups in total. The maximum atomic E-state index is 12.4. The van der Waals surface area contributed by atoms with Crippen molar-refractivity contribution in [1.29, 1.82) is 0 Å². The first-order chi connectivity index (χ1) is 14.6. The van der Waals surface area contributed by atoms with Gasteiger partial charge in [0.05, 0.1) is 0 Å². The molecule has 0 aliphatic heterocycles. The van der Waals surface area contributed by atoms with Gasteiger partial charge in [0.15, 0.2) is 5.69 Å². The van der Waals surface area contributed by atoms with Crippen LogP contribution in [0.25, 0.3) is 5.69 Å². The number of nitrogens with zero attached hydrogens (tertiary/aromatic N) is 4. The summed E-state index contributed by atoms with van der Waals surface area (Å²) in [5, 5.41) is 11.5. The summed E-state index contributed by atoms with van der Waals surface area (Å²) in [6.45, 7) is 0.501. The predicted molar refractivity (Wildman–Crippen MR) is 120 cm³/mol. The van der Waals surface area contributed by atoms with Crippen LogP contribution in [0.15, 0.2) is 74.7 Å². The van der Waals surface area contributed by atoms with Crippen molar-refractivity contribution in [2.45, 2.75) is 19.4 Å². The van der Waals surface area contributed by atoms with Crippen LogP contribution in [0.1, 0.15) is 16.8 Å². The third-order valence-electron chi connectivity index (χ3n) is 4.48. The minimum Gasteiger partial charge on any atom is -0.489 e. The Morgan fingerprint density at radius 1 is 1.00 bits per heavy atom. The first kappa shape index (κ1) is 20.5. The summed E-state index contributed by atoms with van der Waals surface area (Å²) in [6, 6.07) is 19.6. The number of benzene rings is 2. The fourth-order valence-corrected chi connectivity index (χ4v) is 3.63. The minimum atomic E-state index is -0.271. The largest absolute Gasteiger partial charge is 0.489 e. The van der Waals surface area contributed by atoms with Crippen molar-refractivity contribution in [2.24, 2.45) is 0 Å². The van der Waals surface area contributed by atoms with E-state index in [1.54, 1.807) is 6.07 Å². The summed E-state index contributed by atoms with van der Waals surface area (Å²) in [7, 11) is 0. The third kappa shape index (κ3) is 5.03. The van der Waals surface area contributed by atoms with Gasteiger partial charge in [-0.3, -0.25) is 4.79 Å². The lowest BCUT2D eigenvalue weighted by Crippen LogP contribution is -2.18. The van der Waals surface area contributed by atoms with Crippen LogP contribution in [0.2, 0.25) is 0 Å². The van der Waals surface area contributed by atoms with Gasteiger partial charge in [-0.15, -0.1) is 15.0 Å². The Kier molecular flexibility index (Phi) is 6.39. The molecule has 0 aliphatic rings. The van der Waals surface area contributed by atoms with Gasteiger partial charge >= 0.3 is 0 Å². The molecule has 0 amide bonds. The number of aryl methyl sites for hydroxylation is 2. The molecule has 2 heterocycles. The third-order valence-corrected chi connectivity index (χ3v) is 5.29. The van der Waals surface area contributed by atoms with E-state index in [9.17, 15) is 4.79 Å². The molecule has 0 unspecified atom stereocenters. The smallest absolute Gasteiger partial charge is 0.275 e. The number of hydrogen-bond donors (Lipinski definition) is 1. The van der Waals surface area contributed by atoms with Gasteiger partial charge in [0, 0.05) is 10.2 Å². The van der Waals surface area contributed by atoms with Crippen LogP contribution >= 0.6 is 31.9 Å². The molecule has 152 valence electrons. The van der Waals surface area contributed by atoms with Gasteiger partial charge in [-0.1, -0.05) is 46.3 Å². The van der Waals surface area contributed by atoms with Crippen LogP contribution in [-0.4, -0.2) is 25.2 Å². The van der Waals surface area contributed by atoms with Crippen LogP contribution < -0.4 is 10.3 Å². The lowest BCUT2D eigenvalue weighted by Gasteiger charge is -2.12. The minimum absolute atomic E-state index is 0.271. The number of rotatable bonds is 7. The van der Waals surface area contributed by atoms with Crippen molar-refractivity contribution in [3.05, 3.63) is 97.0 Å². The maximum Gasteiger partial charge on any atom is 0.275 e. The number of aromatic nitrogens is 5. The highest BCUT2D eigenvalue weighted by Gasteiger charge is 2.10. The molecular formula is C21H17Br2N5O2. The van der Waals surface area contributed by atoms with Gasteiger partial charge in [0.1, 0.15) is 12.4 Å². The summed E-state index contributed by atoms with van der Waals surface area (Å²) in [4.78, 5) is 16.5. The molecular weight excluding hydrogens is 514 g/mol. The summed E-state index contributed by atoms with van der Waals surface area (Å²) < 4.78 is 7.35. The highest BCUT2D eigenvalue weighted by molar-refractivity contribution is 9.10. The SMILES string of the molecule is O=c1[nH]c(CCc2cc(Br)ccc2OCc2ccccc2)ccc1-n1nnc(Br)n1. The molecule has 0 saturated heterocycles. The average Bonchev–Trinajstić information content (AvgIpc) is 3.18.